The number of nitrogens with two attached hydrogens (primary N) is 1. The maximum Gasteiger partial charge on any atom is 0.256 e. The first-order chi connectivity index (χ1) is 8.11. The second-order valence-electron chi connectivity index (χ2n) is 4.36. The number of para-hydroxylation sites is 2. The van der Waals surface area contributed by atoms with Gasteiger partial charge in [-0.3, -0.25) is 0 Å². The normalized spacial score (nSPS) is 15.0. The van der Waals surface area contributed by atoms with Crippen molar-refractivity contribution in [1.29, 1.82) is 0 Å². The number of rotatable bonds is 5. The van der Waals surface area contributed by atoms with E-state index < -0.39 is 5.54 Å². The van der Waals surface area contributed by atoms with Crippen LogP contribution in [0.1, 0.15) is 13.3 Å². The lowest BCUT2D eigenvalue weighted by Gasteiger charge is -2.20. The monoisotopic (exact) mass is 252 g/mol. The molecule has 92 valence electrons. The van der Waals surface area contributed by atoms with Gasteiger partial charge in [0.25, 0.3) is 5.22 Å². The predicted molar refractivity (Wildman–Crippen MR) is 69.0 cm³/mol. The van der Waals surface area contributed by atoms with Crippen LogP contribution in [-0.2, 0) is 0 Å². The Balaban J connectivity index is 1.95. The lowest BCUT2D eigenvalue weighted by atomic mass is 10.0. The number of aliphatic hydroxyl groups is 1. The zero-order chi connectivity index (χ0) is 12.3. The highest BCUT2D eigenvalue weighted by Gasteiger charge is 2.17. The van der Waals surface area contributed by atoms with E-state index in [9.17, 15) is 0 Å². The van der Waals surface area contributed by atoms with Gasteiger partial charge >= 0.3 is 0 Å². The Kier molecular flexibility index (Phi) is 3.71. The summed E-state index contributed by atoms with van der Waals surface area (Å²) in [6, 6.07) is 7.67. The summed E-state index contributed by atoms with van der Waals surface area (Å²) in [6.45, 7) is 1.82. The van der Waals surface area contributed by atoms with Gasteiger partial charge in [0.05, 0.1) is 6.61 Å². The van der Waals surface area contributed by atoms with Crippen LogP contribution in [0.4, 0.5) is 0 Å². The van der Waals surface area contributed by atoms with Gasteiger partial charge < -0.3 is 15.3 Å². The summed E-state index contributed by atoms with van der Waals surface area (Å²) < 4.78 is 5.56. The fraction of sp³-hybridized carbons (Fsp3) is 0.417. The van der Waals surface area contributed by atoms with E-state index >= 15 is 0 Å². The Bertz CT molecular complexity index is 463. The summed E-state index contributed by atoms with van der Waals surface area (Å²) in [4.78, 5) is 4.35. The maximum absolute atomic E-state index is 9.03. The van der Waals surface area contributed by atoms with Crippen molar-refractivity contribution in [2.24, 2.45) is 5.73 Å². The van der Waals surface area contributed by atoms with Crippen molar-refractivity contribution in [3.05, 3.63) is 24.3 Å². The van der Waals surface area contributed by atoms with Crippen LogP contribution in [-0.4, -0.2) is 28.0 Å². The SMILES string of the molecule is CC(N)(CO)CCSc1nc2ccccc2o1. The standard InChI is InChI=1S/C12H16N2O2S/c1-12(13,8-15)6-7-17-11-14-9-4-2-3-5-10(9)16-11/h2-5,15H,6-8,13H2,1H3. The summed E-state index contributed by atoms with van der Waals surface area (Å²) in [5.41, 5.74) is 6.98. The van der Waals surface area contributed by atoms with Crippen molar-refractivity contribution in [2.45, 2.75) is 24.1 Å². The van der Waals surface area contributed by atoms with Gasteiger partial charge in [-0.25, -0.2) is 4.98 Å². The van der Waals surface area contributed by atoms with Gasteiger partial charge in [-0.2, -0.15) is 0 Å². The molecule has 1 atom stereocenters. The molecule has 17 heavy (non-hydrogen) atoms. The molecular formula is C12H16N2O2S. The van der Waals surface area contributed by atoms with Crippen molar-refractivity contribution in [1.82, 2.24) is 4.98 Å². The summed E-state index contributed by atoms with van der Waals surface area (Å²) >= 11 is 1.52. The molecule has 0 bridgehead atoms. The fourth-order valence-electron chi connectivity index (χ4n) is 1.36. The third kappa shape index (κ3) is 3.21. The first-order valence-electron chi connectivity index (χ1n) is 5.49. The minimum atomic E-state index is -0.529. The van der Waals surface area contributed by atoms with E-state index in [2.05, 4.69) is 4.98 Å². The predicted octanol–water partition coefficient (Wildman–Crippen LogP) is 2.02. The number of thioether (sulfide) groups is 1. The fourth-order valence-corrected chi connectivity index (χ4v) is 2.42. The zero-order valence-electron chi connectivity index (χ0n) is 9.72. The van der Waals surface area contributed by atoms with Gasteiger partial charge in [0.2, 0.25) is 0 Å². The molecule has 1 aromatic carbocycles. The summed E-state index contributed by atoms with van der Waals surface area (Å²) in [5.74, 6) is 0.778. The molecule has 0 aliphatic rings. The minimum Gasteiger partial charge on any atom is -0.431 e. The molecule has 1 aromatic heterocycles. The Morgan fingerprint density at radius 2 is 2.24 bits per heavy atom. The molecule has 4 nitrogen and oxygen atoms in total. The number of nitrogens with zero attached hydrogens (tertiary/aromatic N) is 1. The van der Waals surface area contributed by atoms with E-state index in [1.54, 1.807) is 0 Å². The Hall–Kier alpha value is -1.04. The number of aromatic nitrogens is 1. The molecule has 0 radical (unpaired) electrons. The van der Waals surface area contributed by atoms with Crippen LogP contribution in [0.5, 0.6) is 0 Å². The summed E-state index contributed by atoms with van der Waals surface area (Å²) in [6.07, 6.45) is 0.715. The van der Waals surface area contributed by atoms with E-state index in [0.717, 1.165) is 16.9 Å². The van der Waals surface area contributed by atoms with Crippen LogP contribution in [0, 0.1) is 0 Å². The van der Waals surface area contributed by atoms with Crippen LogP contribution in [0.15, 0.2) is 33.9 Å². The Morgan fingerprint density at radius 1 is 1.47 bits per heavy atom. The number of hydrogen-bond acceptors (Lipinski definition) is 5. The lowest BCUT2D eigenvalue weighted by molar-refractivity contribution is 0.206. The highest BCUT2D eigenvalue weighted by atomic mass is 32.2. The van der Waals surface area contributed by atoms with Crippen LogP contribution in [0.3, 0.4) is 0 Å². The van der Waals surface area contributed by atoms with Crippen LogP contribution in [0.2, 0.25) is 0 Å². The molecule has 0 aliphatic carbocycles. The van der Waals surface area contributed by atoms with Gasteiger partial charge in [0.1, 0.15) is 5.52 Å². The molecule has 0 aliphatic heterocycles. The molecule has 3 N–H and O–H groups in total. The highest BCUT2D eigenvalue weighted by molar-refractivity contribution is 7.99. The van der Waals surface area contributed by atoms with Crippen LogP contribution >= 0.6 is 11.8 Å². The Labute approximate surface area is 104 Å². The van der Waals surface area contributed by atoms with Crippen LogP contribution < -0.4 is 5.73 Å². The molecule has 0 saturated heterocycles. The third-order valence-corrected chi connectivity index (χ3v) is 3.36. The minimum absolute atomic E-state index is 0.0128. The van der Waals surface area contributed by atoms with Crippen molar-refractivity contribution < 1.29 is 9.52 Å². The van der Waals surface area contributed by atoms with Crippen molar-refractivity contribution in [3.8, 4) is 0 Å². The third-order valence-electron chi connectivity index (χ3n) is 2.53. The number of oxazole rings is 1. The van der Waals surface area contributed by atoms with Crippen molar-refractivity contribution in [3.63, 3.8) is 0 Å². The molecule has 0 spiro atoms. The molecule has 1 unspecified atom stereocenters. The molecule has 2 aromatic rings. The van der Waals surface area contributed by atoms with Crippen molar-refractivity contribution >= 4 is 22.9 Å². The second kappa shape index (κ2) is 5.08. The molecule has 2 rings (SSSR count). The van der Waals surface area contributed by atoms with Crippen LogP contribution in [0.25, 0.3) is 11.1 Å². The highest BCUT2D eigenvalue weighted by Crippen LogP contribution is 2.24. The topological polar surface area (TPSA) is 72.3 Å². The van der Waals surface area contributed by atoms with Gasteiger partial charge in [0.15, 0.2) is 5.58 Å². The lowest BCUT2D eigenvalue weighted by Crippen LogP contribution is -2.40. The zero-order valence-corrected chi connectivity index (χ0v) is 10.5. The van der Waals surface area contributed by atoms with E-state index in [1.165, 1.54) is 11.8 Å². The van der Waals surface area contributed by atoms with E-state index in [-0.39, 0.29) is 6.61 Å². The smallest absolute Gasteiger partial charge is 0.256 e. The average Bonchev–Trinajstić information content (AvgIpc) is 2.71. The van der Waals surface area contributed by atoms with Gasteiger partial charge in [0, 0.05) is 11.3 Å². The first-order valence-corrected chi connectivity index (χ1v) is 6.47. The quantitative estimate of drug-likeness (QED) is 0.796. The molecule has 0 fully saturated rings. The molecule has 1 heterocycles. The number of fused-ring (bicyclic) bond motifs is 1. The second-order valence-corrected chi connectivity index (χ2v) is 5.40. The van der Waals surface area contributed by atoms with E-state index in [4.69, 9.17) is 15.3 Å². The summed E-state index contributed by atoms with van der Waals surface area (Å²) in [5, 5.41) is 9.68. The van der Waals surface area contributed by atoms with Gasteiger partial charge in [-0.15, -0.1) is 0 Å². The number of hydrogen-bond donors (Lipinski definition) is 2. The molecular weight excluding hydrogens is 236 g/mol. The number of benzene rings is 1. The Morgan fingerprint density at radius 3 is 2.94 bits per heavy atom. The first kappa shape index (κ1) is 12.4. The van der Waals surface area contributed by atoms with Gasteiger partial charge in [-0.1, -0.05) is 23.9 Å². The summed E-state index contributed by atoms with van der Waals surface area (Å²) in [7, 11) is 0. The average molecular weight is 252 g/mol. The van der Waals surface area contributed by atoms with E-state index in [1.807, 2.05) is 31.2 Å². The molecule has 0 saturated carbocycles. The van der Waals surface area contributed by atoms with Gasteiger partial charge in [-0.05, 0) is 25.5 Å². The van der Waals surface area contributed by atoms with Crippen molar-refractivity contribution in [2.75, 3.05) is 12.4 Å². The van der Waals surface area contributed by atoms with E-state index in [0.29, 0.717) is 11.6 Å². The maximum atomic E-state index is 9.03. The largest absolute Gasteiger partial charge is 0.431 e. The molecule has 0 amide bonds. The number of aliphatic hydroxyl groups excluding tert-OH is 1. The molecule has 5 heteroatoms.